The van der Waals surface area contributed by atoms with E-state index in [9.17, 15) is 0 Å². The van der Waals surface area contributed by atoms with Gasteiger partial charge in [0.1, 0.15) is 0 Å². The van der Waals surface area contributed by atoms with Crippen LogP contribution in [0.5, 0.6) is 0 Å². The first-order chi connectivity index (χ1) is 2.64. The van der Waals surface area contributed by atoms with Gasteiger partial charge < -0.3 is 10.2 Å². The summed E-state index contributed by atoms with van der Waals surface area (Å²) in [5.74, 6) is -3.65. The Balaban J connectivity index is -0.000000125. The molecule has 0 aliphatic heterocycles. The molecule has 0 unspecified atom stereocenters. The van der Waals surface area contributed by atoms with E-state index in [1.807, 2.05) is 0 Å². The van der Waals surface area contributed by atoms with Gasteiger partial charge in [-0.2, -0.15) is 0 Å². The molecule has 6 heteroatoms. The van der Waals surface area contributed by atoms with Crippen molar-refractivity contribution in [3.63, 3.8) is 0 Å². The molecule has 0 aromatic carbocycles. The number of rotatable bonds is 0. The Hall–Kier alpha value is 1.99. The van der Waals surface area contributed by atoms with E-state index in [4.69, 9.17) is 19.8 Å². The molecule has 2 N–H and O–H groups in total. The molecular formula is C2H6BaO4Sr. The Labute approximate surface area is 123 Å². The molecule has 0 amide bonds. The third-order valence-electron chi connectivity index (χ3n) is 0.183. The van der Waals surface area contributed by atoms with Crippen molar-refractivity contribution in [2.24, 2.45) is 0 Å². The zero-order chi connectivity index (χ0) is 5.15. The molecular weight excluding hydrogens is 313 g/mol. The number of hydrogen-bond donors (Lipinski definition) is 2. The van der Waals surface area contributed by atoms with Crippen molar-refractivity contribution in [3.05, 3.63) is 0 Å². The average molecular weight is 319 g/mol. The number of carboxylic acids is 2. The maximum absolute atomic E-state index is 9.10. The van der Waals surface area contributed by atoms with Crippen LogP contribution in [0.1, 0.15) is 0 Å². The van der Waals surface area contributed by atoms with E-state index in [-0.39, 0.29) is 94.4 Å². The zero-order valence-electron chi connectivity index (χ0n) is 2.71. The van der Waals surface area contributed by atoms with Gasteiger partial charge in [-0.25, -0.2) is 9.59 Å². The second-order valence-corrected chi connectivity index (χ2v) is 0.610. The Kier molecular flexibility index (Phi) is 18.6. The first-order valence-corrected chi connectivity index (χ1v) is 1.11. The average Bonchev–Trinajstić information content (AvgIpc) is 1.36. The van der Waals surface area contributed by atoms with Gasteiger partial charge in [-0.3, -0.25) is 0 Å². The number of carbonyl (C=O) groups is 2. The van der Waals surface area contributed by atoms with Gasteiger partial charge in [-0.05, 0) is 0 Å². The van der Waals surface area contributed by atoms with Crippen LogP contribution in [0.4, 0.5) is 0 Å². The molecule has 0 rings (SSSR count). The summed E-state index contributed by atoms with van der Waals surface area (Å²) >= 11 is 0. The topological polar surface area (TPSA) is 74.6 Å². The van der Waals surface area contributed by atoms with Crippen molar-refractivity contribution in [3.8, 4) is 0 Å². The summed E-state index contributed by atoms with van der Waals surface area (Å²) in [5.41, 5.74) is 0. The van der Waals surface area contributed by atoms with Crippen LogP contribution < -0.4 is 0 Å². The number of aliphatic carboxylic acids is 2. The van der Waals surface area contributed by atoms with E-state index >= 15 is 0 Å². The molecule has 0 saturated carbocycles. The Morgan fingerprint density at radius 3 is 1.12 bits per heavy atom. The fourth-order valence-electron chi connectivity index (χ4n) is 0. The summed E-state index contributed by atoms with van der Waals surface area (Å²) < 4.78 is 0. The number of carboxylic acid groups (broad SMARTS) is 2. The van der Waals surface area contributed by atoms with Crippen LogP contribution in [0.25, 0.3) is 0 Å². The van der Waals surface area contributed by atoms with Gasteiger partial charge in [0.15, 0.2) is 0 Å². The second kappa shape index (κ2) is 8.99. The van der Waals surface area contributed by atoms with Crippen LogP contribution in [0.15, 0.2) is 0 Å². The van der Waals surface area contributed by atoms with Gasteiger partial charge >= 0.3 is 106 Å². The standard InChI is InChI=1S/C2H2O4.Ba.Sr.4H/c3-1(4)2(5)6;;;;;;/h(H,3,4)(H,5,6);;;;;;. The quantitative estimate of drug-likeness (QED) is 0.377. The molecule has 0 radical (unpaired) electrons. The molecule has 0 heterocycles. The molecule has 0 aliphatic rings. The van der Waals surface area contributed by atoms with Crippen molar-refractivity contribution < 1.29 is 19.8 Å². The first-order valence-electron chi connectivity index (χ1n) is 1.11. The minimum atomic E-state index is -1.82. The van der Waals surface area contributed by atoms with E-state index in [1.54, 1.807) is 0 Å². The molecule has 8 heavy (non-hydrogen) atoms. The monoisotopic (exact) mass is 320 g/mol. The van der Waals surface area contributed by atoms with Gasteiger partial charge in [-0.15, -0.1) is 0 Å². The van der Waals surface area contributed by atoms with E-state index in [0.29, 0.717) is 0 Å². The maximum atomic E-state index is 9.10. The van der Waals surface area contributed by atoms with Crippen LogP contribution in [0.2, 0.25) is 0 Å². The molecule has 0 bridgehead atoms. The van der Waals surface area contributed by atoms with E-state index < -0.39 is 11.9 Å². The fourth-order valence-corrected chi connectivity index (χ4v) is 0. The minimum absolute atomic E-state index is 0. The van der Waals surface area contributed by atoms with Crippen LogP contribution in [-0.4, -0.2) is 117 Å². The van der Waals surface area contributed by atoms with E-state index in [1.165, 1.54) is 0 Å². The molecule has 0 aromatic rings. The van der Waals surface area contributed by atoms with Gasteiger partial charge in [0.05, 0.1) is 0 Å². The molecule has 0 atom stereocenters. The predicted octanol–water partition coefficient (Wildman–Crippen LogP) is -2.68. The molecule has 0 fully saturated rings. The second-order valence-electron chi connectivity index (χ2n) is 0.610. The summed E-state index contributed by atoms with van der Waals surface area (Å²) in [7, 11) is 0. The van der Waals surface area contributed by atoms with Crippen molar-refractivity contribution in [2.45, 2.75) is 0 Å². The summed E-state index contributed by atoms with van der Waals surface area (Å²) in [6, 6.07) is 0. The Bertz CT molecular complexity index is 80.0. The van der Waals surface area contributed by atoms with E-state index in [0.717, 1.165) is 0 Å². The van der Waals surface area contributed by atoms with Crippen LogP contribution in [0.3, 0.4) is 0 Å². The van der Waals surface area contributed by atoms with Crippen molar-refractivity contribution >= 4 is 106 Å². The predicted molar refractivity (Wildman–Crippen MR) is 32.4 cm³/mol. The zero-order valence-corrected chi connectivity index (χ0v) is 2.71. The Morgan fingerprint density at radius 1 is 1.00 bits per heavy atom. The SMILES string of the molecule is O=C(O)C(=O)O.[BaH2].[SrH2]. The molecule has 42 valence electrons. The molecule has 0 saturated heterocycles. The molecule has 0 aromatic heterocycles. The van der Waals surface area contributed by atoms with E-state index in [2.05, 4.69) is 0 Å². The first kappa shape index (κ1) is 16.5. The Morgan fingerprint density at radius 2 is 1.12 bits per heavy atom. The summed E-state index contributed by atoms with van der Waals surface area (Å²) in [6.45, 7) is 0. The van der Waals surface area contributed by atoms with Crippen molar-refractivity contribution in [1.82, 2.24) is 0 Å². The summed E-state index contributed by atoms with van der Waals surface area (Å²) in [4.78, 5) is 18.2. The van der Waals surface area contributed by atoms with Gasteiger partial charge in [-0.1, -0.05) is 0 Å². The molecule has 0 aliphatic carbocycles. The van der Waals surface area contributed by atoms with Gasteiger partial charge in [0, 0.05) is 0 Å². The van der Waals surface area contributed by atoms with Crippen molar-refractivity contribution in [1.29, 1.82) is 0 Å². The van der Waals surface area contributed by atoms with Gasteiger partial charge in [0.2, 0.25) is 0 Å². The van der Waals surface area contributed by atoms with Crippen LogP contribution in [0, 0.1) is 0 Å². The third-order valence-corrected chi connectivity index (χ3v) is 0.183. The number of hydrogen-bond acceptors (Lipinski definition) is 2. The van der Waals surface area contributed by atoms with Crippen LogP contribution >= 0.6 is 0 Å². The third kappa shape index (κ3) is 10.9. The molecule has 4 nitrogen and oxygen atoms in total. The molecule has 0 spiro atoms. The summed E-state index contributed by atoms with van der Waals surface area (Å²) in [6.07, 6.45) is 0. The van der Waals surface area contributed by atoms with Crippen LogP contribution in [-0.2, 0) is 9.59 Å². The van der Waals surface area contributed by atoms with Crippen molar-refractivity contribution in [2.75, 3.05) is 0 Å². The summed E-state index contributed by atoms with van der Waals surface area (Å²) in [5, 5.41) is 14.8. The fraction of sp³-hybridized carbons (Fsp3) is 0. The van der Waals surface area contributed by atoms with Gasteiger partial charge in [0.25, 0.3) is 0 Å². The normalized spacial score (nSPS) is 5.50.